The van der Waals surface area contributed by atoms with Crippen molar-refractivity contribution < 1.29 is 8.42 Å². The van der Waals surface area contributed by atoms with E-state index in [4.69, 9.17) is 5.84 Å². The van der Waals surface area contributed by atoms with Crippen LogP contribution in [-0.2, 0) is 10.0 Å². The minimum atomic E-state index is -3.52. The van der Waals surface area contributed by atoms with Crippen molar-refractivity contribution in [3.63, 3.8) is 0 Å². The third-order valence-electron chi connectivity index (χ3n) is 3.47. The molecule has 0 saturated carbocycles. The van der Waals surface area contributed by atoms with Crippen LogP contribution in [0.5, 0.6) is 0 Å². The van der Waals surface area contributed by atoms with Gasteiger partial charge in [-0.15, -0.1) is 0 Å². The first kappa shape index (κ1) is 15.2. The molecule has 1 aromatic rings. The van der Waals surface area contributed by atoms with Gasteiger partial charge in [0.05, 0.1) is 4.90 Å². The maximum Gasteiger partial charge on any atom is 0.243 e. The van der Waals surface area contributed by atoms with E-state index in [-0.39, 0.29) is 10.9 Å². The summed E-state index contributed by atoms with van der Waals surface area (Å²) in [4.78, 5) is 6.31. The number of nitrogens with two attached hydrogens (primary N) is 1. The molecule has 0 radical (unpaired) electrons. The molecule has 1 aromatic heterocycles. The Morgan fingerprint density at radius 2 is 2.20 bits per heavy atom. The van der Waals surface area contributed by atoms with E-state index < -0.39 is 10.0 Å². The van der Waals surface area contributed by atoms with Crippen LogP contribution in [0.25, 0.3) is 0 Å². The molecule has 1 aliphatic heterocycles. The summed E-state index contributed by atoms with van der Waals surface area (Å²) in [6, 6.07) is 2.89. The van der Waals surface area contributed by atoms with Crippen molar-refractivity contribution in [3.8, 4) is 0 Å². The van der Waals surface area contributed by atoms with Gasteiger partial charge in [0, 0.05) is 31.4 Å². The van der Waals surface area contributed by atoms with Crippen molar-refractivity contribution in [1.82, 2.24) is 14.2 Å². The Labute approximate surface area is 119 Å². The molecule has 3 N–H and O–H groups in total. The maximum atomic E-state index is 12.7. The highest BCUT2D eigenvalue weighted by atomic mass is 32.2. The second-order valence-corrected chi connectivity index (χ2v) is 6.99. The van der Waals surface area contributed by atoms with Gasteiger partial charge in [-0.25, -0.2) is 19.2 Å². The standard InChI is InChI=1S/C12H21N5O2S/c1-10-9-16(2)6-3-7-17(10)20(18,19)11-4-5-14-12(8-11)15-13/h4-5,8,10H,3,6-7,9,13H2,1-2H3,(H,14,15). The Kier molecular flexibility index (Phi) is 4.59. The third-order valence-corrected chi connectivity index (χ3v) is 5.48. The molecule has 0 amide bonds. The third kappa shape index (κ3) is 3.09. The Bertz CT molecular complexity index is 563. The largest absolute Gasteiger partial charge is 0.308 e. The number of nitrogens with one attached hydrogen (secondary N) is 1. The van der Waals surface area contributed by atoms with E-state index in [1.54, 1.807) is 4.31 Å². The molecule has 8 heteroatoms. The van der Waals surface area contributed by atoms with Crippen molar-refractivity contribution in [2.45, 2.75) is 24.3 Å². The predicted molar refractivity (Wildman–Crippen MR) is 77.5 cm³/mol. The fourth-order valence-corrected chi connectivity index (χ4v) is 4.17. The highest BCUT2D eigenvalue weighted by Gasteiger charge is 2.31. The van der Waals surface area contributed by atoms with E-state index in [0.29, 0.717) is 12.4 Å². The molecule has 20 heavy (non-hydrogen) atoms. The van der Waals surface area contributed by atoms with Crippen LogP contribution in [0.2, 0.25) is 0 Å². The van der Waals surface area contributed by atoms with Gasteiger partial charge in [0.1, 0.15) is 5.82 Å². The number of nitrogens with zero attached hydrogens (tertiary/aromatic N) is 3. The van der Waals surface area contributed by atoms with Crippen LogP contribution >= 0.6 is 0 Å². The van der Waals surface area contributed by atoms with Gasteiger partial charge in [0.2, 0.25) is 10.0 Å². The lowest BCUT2D eigenvalue weighted by atomic mass is 10.3. The first-order valence-electron chi connectivity index (χ1n) is 6.58. The molecular formula is C12H21N5O2S. The van der Waals surface area contributed by atoms with Gasteiger partial charge in [-0.2, -0.15) is 4.31 Å². The van der Waals surface area contributed by atoms with Gasteiger partial charge in [0.15, 0.2) is 0 Å². The minimum absolute atomic E-state index is 0.0602. The highest BCUT2D eigenvalue weighted by molar-refractivity contribution is 7.89. The number of rotatable bonds is 3. The number of hydrazine groups is 1. The highest BCUT2D eigenvalue weighted by Crippen LogP contribution is 2.22. The number of nitrogen functional groups attached to an aromatic ring is 1. The Morgan fingerprint density at radius 3 is 2.90 bits per heavy atom. The fraction of sp³-hybridized carbons (Fsp3) is 0.583. The molecular weight excluding hydrogens is 278 g/mol. The number of hydrogen-bond donors (Lipinski definition) is 2. The zero-order chi connectivity index (χ0) is 14.8. The van der Waals surface area contributed by atoms with E-state index >= 15 is 0 Å². The average Bonchev–Trinajstić information content (AvgIpc) is 2.59. The number of anilines is 1. The fourth-order valence-electron chi connectivity index (χ4n) is 2.49. The van der Waals surface area contributed by atoms with E-state index in [9.17, 15) is 8.42 Å². The van der Waals surface area contributed by atoms with Crippen molar-refractivity contribution in [2.24, 2.45) is 5.84 Å². The summed E-state index contributed by atoms with van der Waals surface area (Å²) in [5.74, 6) is 5.62. The van der Waals surface area contributed by atoms with E-state index in [0.717, 1.165) is 19.5 Å². The first-order valence-corrected chi connectivity index (χ1v) is 8.02. The molecule has 7 nitrogen and oxygen atoms in total. The molecule has 1 atom stereocenters. The van der Waals surface area contributed by atoms with Crippen molar-refractivity contribution in [3.05, 3.63) is 18.3 Å². The molecule has 0 bridgehead atoms. The summed E-state index contributed by atoms with van der Waals surface area (Å²) in [5, 5.41) is 0. The lowest BCUT2D eigenvalue weighted by Crippen LogP contribution is -2.41. The summed E-state index contributed by atoms with van der Waals surface area (Å²) in [7, 11) is -1.51. The monoisotopic (exact) mass is 299 g/mol. The summed E-state index contributed by atoms with van der Waals surface area (Å²) < 4.78 is 27.0. The van der Waals surface area contributed by atoms with Crippen molar-refractivity contribution >= 4 is 15.8 Å². The number of likely N-dealkylation sites (N-methyl/N-ethyl adjacent to an activating group) is 1. The SMILES string of the molecule is CC1CN(C)CCCN1S(=O)(=O)c1ccnc(NN)c1. The number of pyridine rings is 1. The quantitative estimate of drug-likeness (QED) is 0.607. The molecule has 1 fully saturated rings. The second kappa shape index (κ2) is 6.04. The Morgan fingerprint density at radius 1 is 1.45 bits per heavy atom. The smallest absolute Gasteiger partial charge is 0.243 e. The molecule has 0 spiro atoms. The molecule has 2 heterocycles. The van der Waals surface area contributed by atoms with Crippen LogP contribution in [-0.4, -0.2) is 55.3 Å². The maximum absolute atomic E-state index is 12.7. The van der Waals surface area contributed by atoms with Crippen molar-refractivity contribution in [2.75, 3.05) is 32.1 Å². The van der Waals surface area contributed by atoms with E-state index in [1.165, 1.54) is 18.3 Å². The summed E-state index contributed by atoms with van der Waals surface area (Å²) in [6.45, 7) is 4.10. The lowest BCUT2D eigenvalue weighted by molar-refractivity contribution is 0.290. The molecule has 0 aromatic carbocycles. The summed E-state index contributed by atoms with van der Waals surface area (Å²) >= 11 is 0. The molecule has 1 saturated heterocycles. The topological polar surface area (TPSA) is 91.6 Å². The van der Waals surface area contributed by atoms with Gasteiger partial charge in [-0.05, 0) is 33.0 Å². The number of aromatic nitrogens is 1. The number of hydrogen-bond acceptors (Lipinski definition) is 6. The first-order chi connectivity index (χ1) is 9.45. The van der Waals surface area contributed by atoms with Crippen LogP contribution in [0.4, 0.5) is 5.82 Å². The molecule has 112 valence electrons. The molecule has 1 unspecified atom stereocenters. The van der Waals surface area contributed by atoms with Crippen LogP contribution in [0.1, 0.15) is 13.3 Å². The Hall–Kier alpha value is -1.22. The van der Waals surface area contributed by atoms with Crippen molar-refractivity contribution in [1.29, 1.82) is 0 Å². The minimum Gasteiger partial charge on any atom is -0.308 e. The normalized spacial score (nSPS) is 22.4. The second-order valence-electron chi connectivity index (χ2n) is 5.10. The van der Waals surface area contributed by atoms with E-state index in [2.05, 4.69) is 15.3 Å². The van der Waals surface area contributed by atoms with Crippen LogP contribution in [0, 0.1) is 0 Å². The van der Waals surface area contributed by atoms with Gasteiger partial charge in [0.25, 0.3) is 0 Å². The van der Waals surface area contributed by atoms with Crippen LogP contribution < -0.4 is 11.3 Å². The average molecular weight is 299 g/mol. The predicted octanol–water partition coefficient (Wildman–Crippen LogP) is 0.0819. The summed E-state index contributed by atoms with van der Waals surface area (Å²) in [6.07, 6.45) is 2.27. The Balaban J connectivity index is 2.33. The van der Waals surface area contributed by atoms with Crippen LogP contribution in [0.15, 0.2) is 23.2 Å². The van der Waals surface area contributed by atoms with Gasteiger partial charge in [-0.3, -0.25) is 0 Å². The summed E-state index contributed by atoms with van der Waals surface area (Å²) in [5.41, 5.74) is 2.37. The molecule has 1 aliphatic rings. The molecule has 2 rings (SSSR count). The molecule has 0 aliphatic carbocycles. The van der Waals surface area contributed by atoms with Gasteiger partial charge in [-0.1, -0.05) is 0 Å². The zero-order valence-electron chi connectivity index (χ0n) is 11.8. The van der Waals surface area contributed by atoms with Crippen LogP contribution in [0.3, 0.4) is 0 Å². The lowest BCUT2D eigenvalue weighted by Gasteiger charge is -2.27. The van der Waals surface area contributed by atoms with Gasteiger partial charge >= 0.3 is 0 Å². The van der Waals surface area contributed by atoms with Gasteiger partial charge < -0.3 is 10.3 Å². The zero-order valence-corrected chi connectivity index (χ0v) is 12.6. The number of sulfonamides is 1. The van der Waals surface area contributed by atoms with E-state index in [1.807, 2.05) is 14.0 Å².